The van der Waals surface area contributed by atoms with Crippen LogP contribution in [0.3, 0.4) is 0 Å². The molecule has 0 aliphatic rings. The average Bonchev–Trinajstić information content (AvgIpc) is 3.11. The highest BCUT2D eigenvalue weighted by Gasteiger charge is 2.23. The fraction of sp³-hybridized carbons (Fsp3) is 0.932. The number of aliphatic hydroxyl groups is 3. The maximum atomic E-state index is 12.5. The van der Waals surface area contributed by atoms with Crippen molar-refractivity contribution in [2.45, 2.75) is 257 Å². The predicted molar refractivity (Wildman–Crippen MR) is 213 cm³/mol. The minimum absolute atomic E-state index is 0.314. The Morgan fingerprint density at radius 2 is 0.776 bits per heavy atom. The summed E-state index contributed by atoms with van der Waals surface area (Å²) >= 11 is 0. The van der Waals surface area contributed by atoms with Gasteiger partial charge in [0.25, 0.3) is 0 Å². The maximum absolute atomic E-state index is 12.5. The summed E-state index contributed by atoms with van der Waals surface area (Å²) in [6.45, 7) is 4.23. The molecule has 0 aromatic heterocycles. The molecule has 3 atom stereocenters. The second-order valence-electron chi connectivity index (χ2n) is 15.3. The van der Waals surface area contributed by atoms with Crippen molar-refractivity contribution < 1.29 is 20.1 Å². The lowest BCUT2D eigenvalue weighted by atomic mass is 10.0. The molecule has 4 N–H and O–H groups in total. The molecule has 0 heterocycles. The second-order valence-corrected chi connectivity index (χ2v) is 15.3. The van der Waals surface area contributed by atoms with Gasteiger partial charge in [-0.25, -0.2) is 0 Å². The van der Waals surface area contributed by atoms with E-state index in [1.807, 2.05) is 0 Å². The van der Waals surface area contributed by atoms with Crippen molar-refractivity contribution in [3.63, 3.8) is 0 Å². The first-order valence-electron chi connectivity index (χ1n) is 22.0. The smallest absolute Gasteiger partial charge is 0.249 e. The molecular weight excluding hydrogens is 606 g/mol. The first-order valence-corrected chi connectivity index (χ1v) is 22.0. The highest BCUT2D eigenvalue weighted by molar-refractivity contribution is 5.80. The van der Waals surface area contributed by atoms with Gasteiger partial charge < -0.3 is 20.6 Å². The fourth-order valence-corrected chi connectivity index (χ4v) is 6.89. The molecule has 49 heavy (non-hydrogen) atoms. The number of unbranched alkanes of at least 4 members (excludes halogenated alkanes) is 30. The second kappa shape index (κ2) is 39.9. The molecule has 1 amide bonds. The highest BCUT2D eigenvalue weighted by atomic mass is 16.3. The Labute approximate surface area is 306 Å². The van der Waals surface area contributed by atoms with Crippen LogP contribution in [0.1, 0.15) is 239 Å². The fourth-order valence-electron chi connectivity index (χ4n) is 6.89. The quantitative estimate of drug-likeness (QED) is 0.0380. The van der Waals surface area contributed by atoms with Crippen LogP contribution in [-0.2, 0) is 4.79 Å². The monoisotopic (exact) mass is 694 g/mol. The van der Waals surface area contributed by atoms with Crippen molar-refractivity contribution in [3.8, 4) is 0 Å². The van der Waals surface area contributed by atoms with E-state index in [0.29, 0.717) is 12.8 Å². The number of carbonyl (C=O) groups excluding carboxylic acids is 1. The molecule has 0 aromatic carbocycles. The Balaban J connectivity index is 3.61. The van der Waals surface area contributed by atoms with Gasteiger partial charge in [-0.15, -0.1) is 0 Å². The molecule has 0 spiro atoms. The molecular formula is C44H87NO4. The molecule has 0 aliphatic carbocycles. The topological polar surface area (TPSA) is 89.8 Å². The number of aliphatic hydroxyl groups excluding tert-OH is 3. The van der Waals surface area contributed by atoms with Crippen LogP contribution in [0.25, 0.3) is 0 Å². The summed E-state index contributed by atoms with van der Waals surface area (Å²) in [6, 6.07) is -0.713. The molecule has 0 fully saturated rings. The van der Waals surface area contributed by atoms with E-state index >= 15 is 0 Å². The van der Waals surface area contributed by atoms with E-state index in [2.05, 4.69) is 31.3 Å². The van der Waals surface area contributed by atoms with Crippen molar-refractivity contribution in [2.75, 3.05) is 6.61 Å². The molecule has 0 saturated heterocycles. The number of hydrogen-bond acceptors (Lipinski definition) is 4. The number of carbonyl (C=O) groups is 1. The molecule has 0 radical (unpaired) electrons. The maximum Gasteiger partial charge on any atom is 0.249 e. The summed E-state index contributed by atoms with van der Waals surface area (Å²) in [5.74, 6) is -0.477. The molecule has 5 nitrogen and oxygen atoms in total. The number of allylic oxidation sites excluding steroid dienone is 2. The third-order valence-corrected chi connectivity index (χ3v) is 10.4. The third kappa shape index (κ3) is 35.3. The molecule has 0 bridgehead atoms. The zero-order valence-corrected chi connectivity index (χ0v) is 33.1. The molecule has 0 aliphatic heterocycles. The molecule has 5 heteroatoms. The Bertz CT molecular complexity index is 684. The average molecular weight is 694 g/mol. The van der Waals surface area contributed by atoms with E-state index in [0.717, 1.165) is 44.9 Å². The largest absolute Gasteiger partial charge is 0.394 e. The number of nitrogens with one attached hydrogen (secondary N) is 1. The zero-order chi connectivity index (χ0) is 35.9. The summed E-state index contributed by atoms with van der Waals surface area (Å²) in [6.07, 6.45) is 46.4. The van der Waals surface area contributed by atoms with Gasteiger partial charge in [-0.1, -0.05) is 212 Å². The van der Waals surface area contributed by atoms with Gasteiger partial charge in [0.1, 0.15) is 6.10 Å². The molecule has 0 rings (SSSR count). The Hall–Kier alpha value is -0.910. The van der Waals surface area contributed by atoms with Crippen molar-refractivity contribution in [2.24, 2.45) is 0 Å². The van der Waals surface area contributed by atoms with Gasteiger partial charge in [0.15, 0.2) is 0 Å². The van der Waals surface area contributed by atoms with E-state index < -0.39 is 24.2 Å². The zero-order valence-electron chi connectivity index (χ0n) is 33.1. The first-order chi connectivity index (χ1) is 24.1. The normalized spacial score (nSPS) is 13.7. The minimum Gasteiger partial charge on any atom is -0.394 e. The van der Waals surface area contributed by atoms with Crippen LogP contribution >= 0.6 is 0 Å². The lowest BCUT2D eigenvalue weighted by molar-refractivity contribution is -0.131. The van der Waals surface area contributed by atoms with E-state index in [9.17, 15) is 20.1 Å². The van der Waals surface area contributed by atoms with Gasteiger partial charge in [-0.05, 0) is 38.5 Å². The van der Waals surface area contributed by atoms with Gasteiger partial charge in [-0.2, -0.15) is 0 Å². The number of hydrogen-bond donors (Lipinski definition) is 4. The van der Waals surface area contributed by atoms with Gasteiger partial charge >= 0.3 is 0 Å². The minimum atomic E-state index is -1.08. The molecule has 0 aromatic rings. The Morgan fingerprint density at radius 3 is 1.12 bits per heavy atom. The van der Waals surface area contributed by atoms with E-state index in [1.165, 1.54) is 167 Å². The van der Waals surface area contributed by atoms with Crippen molar-refractivity contribution in [1.82, 2.24) is 5.32 Å². The van der Waals surface area contributed by atoms with E-state index in [1.54, 1.807) is 0 Å². The van der Waals surface area contributed by atoms with Crippen molar-refractivity contribution in [3.05, 3.63) is 12.2 Å². The molecule has 0 saturated carbocycles. The van der Waals surface area contributed by atoms with Gasteiger partial charge in [0.05, 0.1) is 18.8 Å². The lowest BCUT2D eigenvalue weighted by Gasteiger charge is -2.23. The van der Waals surface area contributed by atoms with Crippen molar-refractivity contribution >= 4 is 5.91 Å². The number of amides is 1. The summed E-state index contributed by atoms with van der Waals surface area (Å²) in [4.78, 5) is 12.5. The summed E-state index contributed by atoms with van der Waals surface area (Å²) < 4.78 is 0. The van der Waals surface area contributed by atoms with Crippen molar-refractivity contribution in [1.29, 1.82) is 0 Å². The van der Waals surface area contributed by atoms with E-state index in [-0.39, 0.29) is 6.61 Å². The van der Waals surface area contributed by atoms with Gasteiger partial charge in [0, 0.05) is 0 Å². The Kier molecular flexibility index (Phi) is 39.1. The standard InChI is InChI=1S/C44H87NO4/c1-3-5-7-9-11-13-15-17-19-20-21-22-23-25-26-28-30-32-34-36-38-42(47)41(40-46)45-44(49)43(48)39-37-35-33-31-29-27-24-18-16-14-12-10-8-6-4-2/h24,27,41-43,46-48H,3-23,25-26,28-40H2,1-2H3,(H,45,49)/b27-24-. The van der Waals surface area contributed by atoms with Gasteiger partial charge in [-0.3, -0.25) is 4.79 Å². The van der Waals surface area contributed by atoms with Crippen LogP contribution in [0.15, 0.2) is 12.2 Å². The molecule has 292 valence electrons. The first kappa shape index (κ1) is 48.1. The van der Waals surface area contributed by atoms with Crippen LogP contribution < -0.4 is 5.32 Å². The van der Waals surface area contributed by atoms with Crippen LogP contribution in [-0.4, -0.2) is 46.1 Å². The highest BCUT2D eigenvalue weighted by Crippen LogP contribution is 2.16. The predicted octanol–water partition coefficient (Wildman–Crippen LogP) is 12.4. The van der Waals surface area contributed by atoms with Gasteiger partial charge in [0.2, 0.25) is 5.91 Å². The van der Waals surface area contributed by atoms with Crippen LogP contribution in [0, 0.1) is 0 Å². The summed E-state index contributed by atoms with van der Waals surface area (Å²) in [5.41, 5.74) is 0. The molecule has 3 unspecified atom stereocenters. The SMILES string of the molecule is CCCCCCCCC/C=C\CCCCCCC(O)C(=O)NC(CO)C(O)CCCCCCCCCCCCCCCCCCCCCC. The van der Waals surface area contributed by atoms with E-state index in [4.69, 9.17) is 0 Å². The lowest BCUT2D eigenvalue weighted by Crippen LogP contribution is -2.49. The van der Waals surface area contributed by atoms with Crippen LogP contribution in [0.5, 0.6) is 0 Å². The van der Waals surface area contributed by atoms with Crippen LogP contribution in [0.4, 0.5) is 0 Å². The van der Waals surface area contributed by atoms with Crippen LogP contribution in [0.2, 0.25) is 0 Å². The summed E-state index contributed by atoms with van der Waals surface area (Å²) in [5, 5.41) is 33.3. The Morgan fingerprint density at radius 1 is 0.469 bits per heavy atom. The number of rotatable bonds is 40. The summed E-state index contributed by atoms with van der Waals surface area (Å²) in [7, 11) is 0. The third-order valence-electron chi connectivity index (χ3n) is 10.4.